The van der Waals surface area contributed by atoms with E-state index in [1.807, 2.05) is 34.7 Å². The van der Waals surface area contributed by atoms with Gasteiger partial charge < -0.3 is 14.2 Å². The second-order valence-corrected chi connectivity index (χ2v) is 10.7. The Labute approximate surface area is 225 Å². The van der Waals surface area contributed by atoms with Crippen LogP contribution in [0.4, 0.5) is 5.69 Å². The molecule has 0 saturated heterocycles. The summed E-state index contributed by atoms with van der Waals surface area (Å²) < 4.78 is 37.8. The van der Waals surface area contributed by atoms with E-state index in [0.29, 0.717) is 14.8 Å². The summed E-state index contributed by atoms with van der Waals surface area (Å²) >= 11 is 4.05. The van der Waals surface area contributed by atoms with Gasteiger partial charge in [-0.05, 0) is 106 Å². The lowest BCUT2D eigenvalue weighted by Crippen LogP contribution is -2.13. The molecule has 0 aliphatic rings. The van der Waals surface area contributed by atoms with Gasteiger partial charge >= 0.3 is 10.1 Å². The number of carbonyl (C=O) groups excluding carboxylic acids is 1. The molecule has 34 heavy (non-hydrogen) atoms. The molecule has 0 saturated carbocycles. The molecule has 0 bridgehead atoms. The first-order valence-corrected chi connectivity index (χ1v) is 13.4. The highest BCUT2D eigenvalue weighted by Gasteiger charge is 2.22. The van der Waals surface area contributed by atoms with E-state index in [-0.39, 0.29) is 28.6 Å². The number of amides is 1. The van der Waals surface area contributed by atoms with E-state index in [1.54, 1.807) is 49.4 Å². The summed E-state index contributed by atoms with van der Waals surface area (Å²) in [6.45, 7) is 2.00. The average molecular weight is 700 g/mol. The Morgan fingerprint density at radius 3 is 2.47 bits per heavy atom. The van der Waals surface area contributed by atoms with Crippen molar-refractivity contribution < 1.29 is 22.1 Å². The number of anilines is 1. The van der Waals surface area contributed by atoms with Gasteiger partial charge in [-0.2, -0.15) is 13.7 Å². The minimum absolute atomic E-state index is 0.0104. The predicted molar refractivity (Wildman–Crippen MR) is 146 cm³/mol. The van der Waals surface area contributed by atoms with Crippen molar-refractivity contribution in [1.29, 1.82) is 5.26 Å². The smallest absolute Gasteiger partial charge is 0.339 e. The van der Waals surface area contributed by atoms with Gasteiger partial charge in [-0.25, -0.2) is 0 Å². The molecule has 0 aliphatic heterocycles. The van der Waals surface area contributed by atoms with Crippen LogP contribution in [0.5, 0.6) is 11.5 Å². The van der Waals surface area contributed by atoms with E-state index < -0.39 is 16.0 Å². The van der Waals surface area contributed by atoms with Crippen molar-refractivity contribution in [3.8, 4) is 17.6 Å². The van der Waals surface area contributed by atoms with Crippen molar-refractivity contribution in [2.45, 2.75) is 11.8 Å². The van der Waals surface area contributed by atoms with Crippen LogP contribution in [0.2, 0.25) is 0 Å². The first-order chi connectivity index (χ1) is 16.2. The number of nitrogens with one attached hydrogen (secondary N) is 1. The van der Waals surface area contributed by atoms with E-state index in [9.17, 15) is 18.5 Å². The van der Waals surface area contributed by atoms with Gasteiger partial charge in [0, 0.05) is 9.26 Å². The number of halogens is 2. The summed E-state index contributed by atoms with van der Waals surface area (Å²) in [4.78, 5) is 12.6. The number of nitrogens with zero attached hydrogens (tertiary/aromatic N) is 1. The molecule has 174 valence electrons. The lowest BCUT2D eigenvalue weighted by molar-refractivity contribution is -0.112. The summed E-state index contributed by atoms with van der Waals surface area (Å²) in [5, 5.41) is 12.2. The Morgan fingerprint density at radius 1 is 1.09 bits per heavy atom. The molecule has 1 amide bonds. The van der Waals surface area contributed by atoms with E-state index in [2.05, 4.69) is 27.9 Å². The van der Waals surface area contributed by atoms with Gasteiger partial charge in [0.1, 0.15) is 16.5 Å². The van der Waals surface area contributed by atoms with Crippen LogP contribution in [0.15, 0.2) is 77.2 Å². The molecular weight excluding hydrogens is 682 g/mol. The number of rotatable bonds is 8. The molecule has 3 rings (SSSR count). The molecule has 0 fully saturated rings. The molecule has 0 unspecified atom stereocenters. The normalized spacial score (nSPS) is 11.4. The average Bonchev–Trinajstić information content (AvgIpc) is 2.80. The highest BCUT2D eigenvalue weighted by atomic mass is 127. The highest BCUT2D eigenvalue weighted by Crippen LogP contribution is 2.37. The lowest BCUT2D eigenvalue weighted by atomic mass is 10.1. The van der Waals surface area contributed by atoms with Gasteiger partial charge in [0.2, 0.25) is 0 Å². The maximum absolute atomic E-state index is 12.7. The largest absolute Gasteiger partial charge is 0.490 e. The van der Waals surface area contributed by atoms with Crippen LogP contribution < -0.4 is 14.2 Å². The number of hydrogen-bond donors (Lipinski definition) is 1. The second-order valence-electron chi connectivity index (χ2n) is 6.75. The van der Waals surface area contributed by atoms with Crippen LogP contribution in [0.25, 0.3) is 6.08 Å². The van der Waals surface area contributed by atoms with Gasteiger partial charge in [-0.3, -0.25) is 4.79 Å². The summed E-state index contributed by atoms with van der Waals surface area (Å²) in [6, 6.07) is 20.0. The molecule has 0 heterocycles. The van der Waals surface area contributed by atoms with E-state index in [4.69, 9.17) is 8.92 Å². The van der Waals surface area contributed by atoms with Gasteiger partial charge in [0.25, 0.3) is 5.91 Å². The van der Waals surface area contributed by atoms with Crippen LogP contribution in [0.1, 0.15) is 12.5 Å². The molecule has 0 atom stereocenters. The van der Waals surface area contributed by atoms with Crippen LogP contribution in [-0.2, 0) is 14.9 Å². The Hall–Kier alpha value is -2.63. The highest BCUT2D eigenvalue weighted by molar-refractivity contribution is 14.1. The van der Waals surface area contributed by atoms with Crippen molar-refractivity contribution in [1.82, 2.24) is 0 Å². The first kappa shape index (κ1) is 26.0. The maximum Gasteiger partial charge on any atom is 0.339 e. The molecule has 0 aliphatic carbocycles. The van der Waals surface area contributed by atoms with Crippen LogP contribution in [0, 0.1) is 18.5 Å². The third kappa shape index (κ3) is 6.71. The molecule has 3 aromatic carbocycles. The molecule has 0 radical (unpaired) electrons. The lowest BCUT2D eigenvalue weighted by Gasteiger charge is -2.14. The molecule has 0 aromatic heterocycles. The number of hydrogen-bond acceptors (Lipinski definition) is 6. The monoisotopic (exact) mass is 700 g/mol. The van der Waals surface area contributed by atoms with Crippen molar-refractivity contribution >= 4 is 73.0 Å². The summed E-state index contributed by atoms with van der Waals surface area (Å²) in [5.74, 6) is -0.356. The Bertz CT molecular complexity index is 1380. The van der Waals surface area contributed by atoms with Crippen LogP contribution >= 0.6 is 45.2 Å². The zero-order valence-electron chi connectivity index (χ0n) is 17.8. The van der Waals surface area contributed by atoms with Crippen LogP contribution in [-0.4, -0.2) is 20.9 Å². The van der Waals surface area contributed by atoms with Gasteiger partial charge in [-0.1, -0.05) is 24.3 Å². The van der Waals surface area contributed by atoms with Crippen LogP contribution in [0.3, 0.4) is 0 Å². The van der Waals surface area contributed by atoms with Gasteiger partial charge in [-0.15, -0.1) is 0 Å². The molecular formula is C24H18I2N2O5S. The number of nitriles is 1. The second kappa shape index (κ2) is 11.7. The SMILES string of the molecule is CCOc1cc(/C=C(\C#N)C(=O)Nc2cccc(I)c2)cc(I)c1OS(=O)(=O)c1ccccc1. The number of ether oxygens (including phenoxy) is 1. The molecule has 1 N–H and O–H groups in total. The third-order valence-corrected chi connectivity index (χ3v) is 7.02. The zero-order valence-corrected chi connectivity index (χ0v) is 22.9. The Morgan fingerprint density at radius 2 is 1.82 bits per heavy atom. The number of carbonyl (C=O) groups is 1. The topological polar surface area (TPSA) is 105 Å². The maximum atomic E-state index is 12.7. The van der Waals surface area contributed by atoms with Gasteiger partial charge in [0.15, 0.2) is 11.5 Å². The van der Waals surface area contributed by atoms with E-state index >= 15 is 0 Å². The van der Waals surface area contributed by atoms with Crippen molar-refractivity contribution in [2.75, 3.05) is 11.9 Å². The minimum atomic E-state index is -4.09. The fourth-order valence-corrected chi connectivity index (χ4v) is 5.25. The fraction of sp³-hybridized carbons (Fsp3) is 0.0833. The molecule has 3 aromatic rings. The molecule has 0 spiro atoms. The molecule has 7 nitrogen and oxygen atoms in total. The van der Waals surface area contributed by atoms with Gasteiger partial charge in [0.05, 0.1) is 10.2 Å². The number of benzene rings is 3. The standard InChI is InChI=1S/C24H18I2N2O5S/c1-2-32-22-13-16(11-17(15-27)24(29)28-19-8-6-7-18(25)14-19)12-21(26)23(22)33-34(30,31)20-9-4-3-5-10-20/h3-14H,2H2,1H3,(H,28,29)/b17-11+. The Kier molecular flexibility index (Phi) is 8.92. The van der Waals surface area contributed by atoms with E-state index in [0.717, 1.165) is 3.57 Å². The van der Waals surface area contributed by atoms with Crippen molar-refractivity contribution in [3.63, 3.8) is 0 Å². The fourth-order valence-electron chi connectivity index (χ4n) is 2.84. The van der Waals surface area contributed by atoms with E-state index in [1.165, 1.54) is 24.3 Å². The minimum Gasteiger partial charge on any atom is -0.490 e. The summed E-state index contributed by atoms with van der Waals surface area (Å²) in [7, 11) is -4.09. The predicted octanol–water partition coefficient (Wildman–Crippen LogP) is 5.61. The third-order valence-electron chi connectivity index (χ3n) is 4.32. The Balaban J connectivity index is 1.94. The zero-order chi connectivity index (χ0) is 24.7. The summed E-state index contributed by atoms with van der Waals surface area (Å²) in [6.07, 6.45) is 1.41. The first-order valence-electron chi connectivity index (χ1n) is 9.88. The van der Waals surface area contributed by atoms with Crippen molar-refractivity contribution in [3.05, 3.63) is 85.0 Å². The van der Waals surface area contributed by atoms with Crippen molar-refractivity contribution in [2.24, 2.45) is 0 Å². The quantitative estimate of drug-likeness (QED) is 0.142. The summed E-state index contributed by atoms with van der Waals surface area (Å²) in [5.41, 5.74) is 0.923. The molecule has 10 heteroatoms.